The highest BCUT2D eigenvalue weighted by atomic mass is 16.5. The minimum Gasteiger partial charge on any atom is -0.385 e. The molecular weight excluding hydrogens is 178 g/mol. The first-order valence-electron chi connectivity index (χ1n) is 4.80. The van der Waals surface area contributed by atoms with Gasteiger partial charge in [0.1, 0.15) is 0 Å². The van der Waals surface area contributed by atoms with E-state index in [2.05, 4.69) is 15.3 Å². The maximum absolute atomic E-state index is 4.94. The molecule has 0 fully saturated rings. The van der Waals surface area contributed by atoms with Crippen molar-refractivity contribution in [2.75, 3.05) is 20.3 Å². The number of nitrogens with one attached hydrogen (secondary N) is 1. The molecule has 0 unspecified atom stereocenters. The molecule has 0 saturated carbocycles. The second-order valence-corrected chi connectivity index (χ2v) is 3.17. The Labute approximate surface area is 84.7 Å². The summed E-state index contributed by atoms with van der Waals surface area (Å²) in [7, 11) is 1.71. The highest BCUT2D eigenvalue weighted by Crippen LogP contribution is 1.93. The van der Waals surface area contributed by atoms with E-state index in [1.807, 2.05) is 6.92 Å². The maximum atomic E-state index is 4.94. The van der Waals surface area contributed by atoms with E-state index in [1.54, 1.807) is 19.5 Å². The van der Waals surface area contributed by atoms with Crippen LogP contribution in [0.4, 0.5) is 0 Å². The topological polar surface area (TPSA) is 47.0 Å². The Hall–Kier alpha value is -1.00. The summed E-state index contributed by atoms with van der Waals surface area (Å²) < 4.78 is 4.94. The molecule has 0 amide bonds. The second-order valence-electron chi connectivity index (χ2n) is 3.17. The standard InChI is InChI=1S/C10H17N3O/c1-9-6-13-10(8-12-9)7-11-4-3-5-14-2/h6,8,11H,3-5,7H2,1-2H3. The van der Waals surface area contributed by atoms with Gasteiger partial charge in [-0.05, 0) is 19.9 Å². The highest BCUT2D eigenvalue weighted by molar-refractivity contribution is 4.99. The fourth-order valence-corrected chi connectivity index (χ4v) is 1.07. The summed E-state index contributed by atoms with van der Waals surface area (Å²) in [4.78, 5) is 8.41. The molecule has 1 rings (SSSR count). The third kappa shape index (κ3) is 4.30. The smallest absolute Gasteiger partial charge is 0.0724 e. The van der Waals surface area contributed by atoms with E-state index >= 15 is 0 Å². The van der Waals surface area contributed by atoms with Gasteiger partial charge in [0.05, 0.1) is 11.4 Å². The second kappa shape index (κ2) is 6.45. The summed E-state index contributed by atoms with van der Waals surface area (Å²) in [6.07, 6.45) is 4.61. The van der Waals surface area contributed by atoms with Crippen molar-refractivity contribution >= 4 is 0 Å². The zero-order valence-corrected chi connectivity index (χ0v) is 8.79. The zero-order chi connectivity index (χ0) is 10.2. The molecule has 14 heavy (non-hydrogen) atoms. The normalized spacial score (nSPS) is 10.4. The molecule has 1 aromatic rings. The Morgan fingerprint density at radius 3 is 2.86 bits per heavy atom. The average molecular weight is 195 g/mol. The van der Waals surface area contributed by atoms with Crippen molar-refractivity contribution in [2.45, 2.75) is 19.9 Å². The van der Waals surface area contributed by atoms with Crippen molar-refractivity contribution in [2.24, 2.45) is 0 Å². The van der Waals surface area contributed by atoms with Crippen LogP contribution in [-0.4, -0.2) is 30.2 Å². The monoisotopic (exact) mass is 195 g/mol. The summed E-state index contributed by atoms with van der Waals surface area (Å²) in [6, 6.07) is 0. The van der Waals surface area contributed by atoms with Gasteiger partial charge in [0.2, 0.25) is 0 Å². The fraction of sp³-hybridized carbons (Fsp3) is 0.600. The number of hydrogen-bond donors (Lipinski definition) is 1. The lowest BCUT2D eigenvalue weighted by atomic mass is 10.4. The minimum absolute atomic E-state index is 0.775. The van der Waals surface area contributed by atoms with Crippen LogP contribution < -0.4 is 5.32 Å². The number of methoxy groups -OCH3 is 1. The predicted molar refractivity (Wildman–Crippen MR) is 55.0 cm³/mol. The molecule has 0 bridgehead atoms. The van der Waals surface area contributed by atoms with Crippen molar-refractivity contribution in [1.29, 1.82) is 0 Å². The van der Waals surface area contributed by atoms with Crippen LogP contribution in [0.5, 0.6) is 0 Å². The summed E-state index contributed by atoms with van der Waals surface area (Å²) >= 11 is 0. The molecule has 0 saturated heterocycles. The number of hydrogen-bond acceptors (Lipinski definition) is 4. The Balaban J connectivity index is 2.15. The number of nitrogens with zero attached hydrogens (tertiary/aromatic N) is 2. The van der Waals surface area contributed by atoms with Gasteiger partial charge in [-0.1, -0.05) is 0 Å². The molecule has 0 aromatic carbocycles. The predicted octanol–water partition coefficient (Wildman–Crippen LogP) is 0.911. The molecule has 78 valence electrons. The van der Waals surface area contributed by atoms with E-state index in [4.69, 9.17) is 4.74 Å². The first-order chi connectivity index (χ1) is 6.83. The van der Waals surface area contributed by atoms with Gasteiger partial charge in [-0.25, -0.2) is 0 Å². The quantitative estimate of drug-likeness (QED) is 0.685. The maximum Gasteiger partial charge on any atom is 0.0724 e. The van der Waals surface area contributed by atoms with E-state index in [-0.39, 0.29) is 0 Å². The largest absolute Gasteiger partial charge is 0.385 e. The van der Waals surface area contributed by atoms with Gasteiger partial charge in [0, 0.05) is 32.7 Å². The average Bonchev–Trinajstić information content (AvgIpc) is 2.21. The van der Waals surface area contributed by atoms with Crippen molar-refractivity contribution < 1.29 is 4.74 Å². The van der Waals surface area contributed by atoms with Gasteiger partial charge in [-0.15, -0.1) is 0 Å². The Morgan fingerprint density at radius 1 is 1.36 bits per heavy atom. The Kier molecular flexibility index (Phi) is 5.11. The fourth-order valence-electron chi connectivity index (χ4n) is 1.07. The van der Waals surface area contributed by atoms with Crippen LogP contribution in [0.25, 0.3) is 0 Å². The molecule has 1 heterocycles. The van der Waals surface area contributed by atoms with Crippen LogP contribution >= 0.6 is 0 Å². The van der Waals surface area contributed by atoms with Crippen LogP contribution in [0.2, 0.25) is 0 Å². The minimum atomic E-state index is 0.775. The van der Waals surface area contributed by atoms with Gasteiger partial charge in [-0.3, -0.25) is 9.97 Å². The number of ether oxygens (including phenoxy) is 1. The lowest BCUT2D eigenvalue weighted by molar-refractivity contribution is 0.194. The van der Waals surface area contributed by atoms with E-state index in [0.717, 1.165) is 37.5 Å². The van der Waals surface area contributed by atoms with Crippen LogP contribution in [0.3, 0.4) is 0 Å². The Bertz CT molecular complexity index is 248. The van der Waals surface area contributed by atoms with E-state index in [0.29, 0.717) is 0 Å². The third-order valence-electron chi connectivity index (χ3n) is 1.84. The molecule has 0 aliphatic rings. The zero-order valence-electron chi connectivity index (χ0n) is 8.79. The molecule has 4 nitrogen and oxygen atoms in total. The summed E-state index contributed by atoms with van der Waals surface area (Å²) in [5.74, 6) is 0. The van der Waals surface area contributed by atoms with Crippen molar-refractivity contribution in [3.63, 3.8) is 0 Å². The van der Waals surface area contributed by atoms with Crippen LogP contribution in [0.15, 0.2) is 12.4 Å². The summed E-state index contributed by atoms with van der Waals surface area (Å²) in [6.45, 7) is 4.45. The number of rotatable bonds is 6. The Morgan fingerprint density at radius 2 is 2.21 bits per heavy atom. The molecule has 1 aromatic heterocycles. The SMILES string of the molecule is COCCCNCc1cnc(C)cn1. The van der Waals surface area contributed by atoms with Crippen molar-refractivity contribution in [3.05, 3.63) is 23.8 Å². The van der Waals surface area contributed by atoms with E-state index < -0.39 is 0 Å². The van der Waals surface area contributed by atoms with E-state index in [9.17, 15) is 0 Å². The molecule has 0 atom stereocenters. The lowest BCUT2D eigenvalue weighted by Gasteiger charge is -2.03. The first kappa shape index (κ1) is 11.1. The van der Waals surface area contributed by atoms with Crippen LogP contribution in [0, 0.1) is 6.92 Å². The number of aryl methyl sites for hydroxylation is 1. The van der Waals surface area contributed by atoms with Gasteiger partial charge < -0.3 is 10.1 Å². The molecule has 1 N–H and O–H groups in total. The molecule has 4 heteroatoms. The van der Waals surface area contributed by atoms with E-state index in [1.165, 1.54) is 0 Å². The van der Waals surface area contributed by atoms with Crippen molar-refractivity contribution in [1.82, 2.24) is 15.3 Å². The summed E-state index contributed by atoms with van der Waals surface area (Å²) in [5.41, 5.74) is 1.93. The third-order valence-corrected chi connectivity index (χ3v) is 1.84. The van der Waals surface area contributed by atoms with Gasteiger partial charge in [-0.2, -0.15) is 0 Å². The van der Waals surface area contributed by atoms with Crippen LogP contribution in [-0.2, 0) is 11.3 Å². The highest BCUT2D eigenvalue weighted by Gasteiger charge is 1.93. The van der Waals surface area contributed by atoms with Gasteiger partial charge in [0.25, 0.3) is 0 Å². The lowest BCUT2D eigenvalue weighted by Crippen LogP contribution is -2.17. The van der Waals surface area contributed by atoms with Crippen molar-refractivity contribution in [3.8, 4) is 0 Å². The molecule has 0 aliphatic carbocycles. The summed E-state index contributed by atoms with van der Waals surface area (Å²) in [5, 5.41) is 3.27. The first-order valence-corrected chi connectivity index (χ1v) is 4.80. The van der Waals surface area contributed by atoms with Gasteiger partial charge in [0.15, 0.2) is 0 Å². The molecular formula is C10H17N3O. The number of aromatic nitrogens is 2. The molecule has 0 spiro atoms. The molecule has 0 aliphatic heterocycles. The van der Waals surface area contributed by atoms with Crippen LogP contribution in [0.1, 0.15) is 17.8 Å². The van der Waals surface area contributed by atoms with Gasteiger partial charge >= 0.3 is 0 Å². The molecule has 0 radical (unpaired) electrons.